The summed E-state index contributed by atoms with van der Waals surface area (Å²) in [5.41, 5.74) is 0. The molecular formula is C14H7BCl2F6O4. The normalized spacial score (nSPS) is 11.7. The van der Waals surface area contributed by atoms with E-state index in [9.17, 15) is 26.3 Å². The Balaban J connectivity index is 1.94. The number of rotatable bonds is 6. The molecule has 4 nitrogen and oxygen atoms in total. The van der Waals surface area contributed by atoms with E-state index in [0.29, 0.717) is 0 Å². The fourth-order valence-corrected chi connectivity index (χ4v) is 2.20. The van der Waals surface area contributed by atoms with Crippen molar-refractivity contribution < 1.29 is 45.1 Å². The van der Waals surface area contributed by atoms with Crippen molar-refractivity contribution in [3.63, 3.8) is 0 Å². The topological polar surface area (TPSA) is 36.9 Å². The number of hydrogen-bond donors (Lipinski definition) is 0. The highest BCUT2D eigenvalue weighted by atomic mass is 35.5. The van der Waals surface area contributed by atoms with Crippen molar-refractivity contribution in [1.82, 2.24) is 0 Å². The van der Waals surface area contributed by atoms with Gasteiger partial charge >= 0.3 is 20.4 Å². The maximum absolute atomic E-state index is 12.1. The Kier molecular flexibility index (Phi) is 6.48. The van der Waals surface area contributed by atoms with Crippen molar-refractivity contribution in [3.8, 4) is 23.0 Å². The fraction of sp³-hybridized carbons (Fsp3) is 0.143. The molecule has 2 aromatic carbocycles. The van der Waals surface area contributed by atoms with Gasteiger partial charge in [0, 0.05) is 12.1 Å². The second kappa shape index (κ2) is 8.26. The van der Waals surface area contributed by atoms with Gasteiger partial charge in [-0.15, -0.1) is 26.3 Å². The minimum Gasteiger partial charge on any atom is -0.527 e. The van der Waals surface area contributed by atoms with E-state index in [0.717, 1.165) is 36.4 Å². The molecule has 0 unspecified atom stereocenters. The van der Waals surface area contributed by atoms with Gasteiger partial charge in [-0.05, 0) is 24.3 Å². The van der Waals surface area contributed by atoms with Gasteiger partial charge in [0.1, 0.15) is 23.0 Å². The lowest BCUT2D eigenvalue weighted by molar-refractivity contribution is -0.275. The maximum Gasteiger partial charge on any atom is 0.576 e. The molecule has 13 heteroatoms. The molecule has 0 amide bonds. The summed E-state index contributed by atoms with van der Waals surface area (Å²) in [5.74, 6) is -1.10. The molecule has 0 aliphatic rings. The summed E-state index contributed by atoms with van der Waals surface area (Å²) in [4.78, 5) is 0. The molecule has 0 fully saturated rings. The lowest BCUT2D eigenvalue weighted by Crippen LogP contribution is -2.17. The van der Waals surface area contributed by atoms with Gasteiger partial charge in [-0.1, -0.05) is 23.2 Å². The first-order valence-corrected chi connectivity index (χ1v) is 7.55. The van der Waals surface area contributed by atoms with E-state index in [4.69, 9.17) is 32.5 Å². The summed E-state index contributed by atoms with van der Waals surface area (Å²) in [7, 11) is -0.474. The van der Waals surface area contributed by atoms with Gasteiger partial charge in [0.25, 0.3) is 0 Å². The molecule has 0 atom stereocenters. The Morgan fingerprint density at radius 1 is 0.667 bits per heavy atom. The standard InChI is InChI=1S/C14H7BCl2F6O4/c16-9-5-7(24-13(18,19)20)1-3-11(9)26-15-27-12-4-2-8(6-10(12)17)25-14(21,22)23/h1-6,15H. The number of alkyl halides is 6. The number of halogens is 8. The molecule has 0 aliphatic heterocycles. The second-order valence-electron chi connectivity index (χ2n) is 4.69. The number of ether oxygens (including phenoxy) is 2. The third-order valence-corrected chi connectivity index (χ3v) is 3.29. The molecule has 0 saturated heterocycles. The van der Waals surface area contributed by atoms with Crippen molar-refractivity contribution in [2.75, 3.05) is 0 Å². The highest BCUT2D eigenvalue weighted by molar-refractivity contribution is 6.34. The van der Waals surface area contributed by atoms with Crippen LogP contribution < -0.4 is 18.8 Å². The van der Waals surface area contributed by atoms with Crippen LogP contribution in [0.1, 0.15) is 0 Å². The minimum atomic E-state index is -4.87. The van der Waals surface area contributed by atoms with Crippen LogP contribution in [0.25, 0.3) is 0 Å². The summed E-state index contributed by atoms with van der Waals surface area (Å²) in [6.45, 7) is 0. The third kappa shape index (κ3) is 7.18. The van der Waals surface area contributed by atoms with E-state index in [1.807, 2.05) is 0 Å². The van der Waals surface area contributed by atoms with Gasteiger partial charge in [0.05, 0.1) is 10.0 Å². The Bertz CT molecular complexity index is 735. The monoisotopic (exact) mass is 434 g/mol. The SMILES string of the molecule is FC(F)(F)Oc1ccc(OBOc2ccc(OC(F)(F)F)cc2Cl)c(Cl)c1. The molecule has 27 heavy (non-hydrogen) atoms. The second-order valence-corrected chi connectivity index (χ2v) is 5.50. The van der Waals surface area contributed by atoms with Crippen LogP contribution in [-0.4, -0.2) is 20.4 Å². The minimum absolute atomic E-state index is 0.0145. The molecule has 0 N–H and O–H groups in total. The summed E-state index contributed by atoms with van der Waals surface area (Å²) < 4.78 is 90.4. The predicted octanol–water partition coefficient (Wildman–Crippen LogP) is 5.51. The zero-order valence-electron chi connectivity index (χ0n) is 12.8. The lowest BCUT2D eigenvalue weighted by atomic mass is 10.2. The smallest absolute Gasteiger partial charge is 0.527 e. The summed E-state index contributed by atoms with van der Waals surface area (Å²) in [6.07, 6.45) is -9.74. The van der Waals surface area contributed by atoms with Crippen LogP contribution in [0.3, 0.4) is 0 Å². The van der Waals surface area contributed by atoms with Crippen molar-refractivity contribution >= 4 is 30.9 Å². The molecule has 0 radical (unpaired) electrons. The highest BCUT2D eigenvalue weighted by Gasteiger charge is 2.32. The molecule has 0 aromatic heterocycles. The van der Waals surface area contributed by atoms with Gasteiger partial charge < -0.3 is 18.8 Å². The summed E-state index contributed by atoms with van der Waals surface area (Å²) >= 11 is 11.6. The van der Waals surface area contributed by atoms with Crippen LogP contribution in [0.4, 0.5) is 26.3 Å². The predicted molar refractivity (Wildman–Crippen MR) is 84.7 cm³/mol. The first-order valence-electron chi connectivity index (χ1n) is 6.79. The average Bonchev–Trinajstić information content (AvgIpc) is 2.48. The molecule has 0 aliphatic carbocycles. The molecular weight excluding hydrogens is 428 g/mol. The number of hydrogen-bond acceptors (Lipinski definition) is 4. The Morgan fingerprint density at radius 2 is 1.04 bits per heavy atom. The zero-order valence-corrected chi connectivity index (χ0v) is 14.3. The van der Waals surface area contributed by atoms with E-state index >= 15 is 0 Å². The maximum atomic E-state index is 12.1. The third-order valence-electron chi connectivity index (χ3n) is 2.70. The molecule has 2 rings (SSSR count). The van der Waals surface area contributed by atoms with Crippen molar-refractivity contribution in [3.05, 3.63) is 46.4 Å². The van der Waals surface area contributed by atoms with E-state index in [1.165, 1.54) is 0 Å². The average molecular weight is 435 g/mol. The van der Waals surface area contributed by atoms with Gasteiger partial charge in [0.15, 0.2) is 0 Å². The van der Waals surface area contributed by atoms with Crippen molar-refractivity contribution in [1.29, 1.82) is 0 Å². The van der Waals surface area contributed by atoms with E-state index in [2.05, 4.69) is 9.47 Å². The lowest BCUT2D eigenvalue weighted by Gasteiger charge is -2.13. The molecule has 2 aromatic rings. The summed E-state index contributed by atoms with van der Waals surface area (Å²) in [6, 6.07) is 5.97. The van der Waals surface area contributed by atoms with Crippen LogP contribution >= 0.6 is 23.2 Å². The van der Waals surface area contributed by atoms with Crippen LogP contribution in [-0.2, 0) is 0 Å². The van der Waals surface area contributed by atoms with Gasteiger partial charge in [-0.2, -0.15) is 0 Å². The van der Waals surface area contributed by atoms with E-state index in [1.54, 1.807) is 0 Å². The van der Waals surface area contributed by atoms with Gasteiger partial charge in [-0.3, -0.25) is 0 Å². The highest BCUT2D eigenvalue weighted by Crippen LogP contribution is 2.33. The van der Waals surface area contributed by atoms with Crippen molar-refractivity contribution in [2.24, 2.45) is 0 Å². The van der Waals surface area contributed by atoms with E-state index < -0.39 is 31.9 Å². The van der Waals surface area contributed by atoms with Crippen LogP contribution in [0.15, 0.2) is 36.4 Å². The molecule has 0 saturated carbocycles. The summed E-state index contributed by atoms with van der Waals surface area (Å²) in [5, 5.41) is -0.360. The fourth-order valence-electron chi connectivity index (χ4n) is 1.75. The van der Waals surface area contributed by atoms with Crippen molar-refractivity contribution in [2.45, 2.75) is 12.7 Å². The van der Waals surface area contributed by atoms with Crippen LogP contribution in [0, 0.1) is 0 Å². The van der Waals surface area contributed by atoms with Gasteiger partial charge in [0.2, 0.25) is 0 Å². The largest absolute Gasteiger partial charge is 0.576 e. The van der Waals surface area contributed by atoms with Crippen LogP contribution in [0.2, 0.25) is 10.0 Å². The first-order chi connectivity index (χ1) is 12.4. The Labute approximate surface area is 158 Å². The van der Waals surface area contributed by atoms with Crippen LogP contribution in [0.5, 0.6) is 23.0 Å². The molecule has 0 spiro atoms. The molecule has 0 bridgehead atoms. The van der Waals surface area contributed by atoms with Gasteiger partial charge in [-0.25, -0.2) is 0 Å². The quantitative estimate of drug-likeness (QED) is 0.443. The Hall–Kier alpha value is -2.14. The van der Waals surface area contributed by atoms with E-state index in [-0.39, 0.29) is 21.5 Å². The molecule has 146 valence electrons. The Morgan fingerprint density at radius 3 is 1.33 bits per heavy atom. The molecule has 0 heterocycles. The zero-order chi connectivity index (χ0) is 20.2. The first kappa shape index (κ1) is 21.2. The number of benzene rings is 2.